The van der Waals surface area contributed by atoms with Gasteiger partial charge in [0.25, 0.3) is 0 Å². The van der Waals surface area contributed by atoms with Crippen molar-refractivity contribution >= 4 is 12.1 Å². The number of hydrogen-bond acceptors (Lipinski definition) is 4. The van der Waals surface area contributed by atoms with E-state index in [2.05, 4.69) is 4.90 Å². The smallest absolute Gasteiger partial charge is 0.119 e. The number of carbonyl (C=O) groups excluding carboxylic acids is 1. The van der Waals surface area contributed by atoms with Crippen molar-refractivity contribution in [2.45, 2.75) is 64.2 Å². The molecule has 0 fully saturated rings. The molecule has 1 aliphatic heterocycles. The zero-order chi connectivity index (χ0) is 14.5. The highest BCUT2D eigenvalue weighted by atomic mass is 16.1. The lowest BCUT2D eigenvalue weighted by Crippen LogP contribution is -2.36. The fourth-order valence-corrected chi connectivity index (χ4v) is 2.66. The summed E-state index contributed by atoms with van der Waals surface area (Å²) < 4.78 is 0. The van der Waals surface area contributed by atoms with E-state index in [4.69, 9.17) is 10.7 Å². The predicted octanol–water partition coefficient (Wildman–Crippen LogP) is 2.76. The zero-order valence-corrected chi connectivity index (χ0v) is 12.9. The van der Waals surface area contributed by atoms with Crippen LogP contribution in [0.2, 0.25) is 0 Å². The number of carbonyl (C=O) groups is 1. The highest BCUT2D eigenvalue weighted by Gasteiger charge is 2.13. The first-order chi connectivity index (χ1) is 9.88. The van der Waals surface area contributed by atoms with Gasteiger partial charge in [-0.15, -0.1) is 0 Å². The molecule has 0 unspecified atom stereocenters. The van der Waals surface area contributed by atoms with Crippen LogP contribution in [0.4, 0.5) is 0 Å². The largest absolute Gasteiger partial charge is 0.360 e. The minimum atomic E-state index is 0.724. The first-order valence-electron chi connectivity index (χ1n) is 8.30. The molecule has 0 aromatic rings. The van der Waals surface area contributed by atoms with Gasteiger partial charge in [0.05, 0.1) is 5.84 Å². The van der Waals surface area contributed by atoms with Gasteiger partial charge in [-0.3, -0.25) is 4.99 Å². The summed E-state index contributed by atoms with van der Waals surface area (Å²) >= 11 is 0. The molecule has 0 atom stereocenters. The van der Waals surface area contributed by atoms with Gasteiger partial charge < -0.3 is 15.4 Å². The molecule has 0 aromatic carbocycles. The first kappa shape index (κ1) is 17.2. The van der Waals surface area contributed by atoms with Crippen molar-refractivity contribution in [3.63, 3.8) is 0 Å². The molecule has 1 aliphatic rings. The van der Waals surface area contributed by atoms with E-state index >= 15 is 0 Å². The standard InChI is InChI=1S/C16H31N3O/c17-11-6-7-13-19-14-9-12-18-16(19)10-5-3-1-2-4-8-15-20/h15H,1-14,17H2. The van der Waals surface area contributed by atoms with Crippen molar-refractivity contribution in [1.29, 1.82) is 0 Å². The van der Waals surface area contributed by atoms with Crippen LogP contribution in [0.25, 0.3) is 0 Å². The van der Waals surface area contributed by atoms with Crippen LogP contribution in [0, 0.1) is 0 Å². The average Bonchev–Trinajstić information content (AvgIpc) is 2.48. The maximum absolute atomic E-state index is 10.2. The second kappa shape index (κ2) is 11.9. The van der Waals surface area contributed by atoms with Gasteiger partial charge in [-0.25, -0.2) is 0 Å². The number of hydrogen-bond donors (Lipinski definition) is 1. The number of nitrogens with zero attached hydrogens (tertiary/aromatic N) is 2. The summed E-state index contributed by atoms with van der Waals surface area (Å²) in [5.74, 6) is 1.32. The molecule has 1 heterocycles. The Morgan fingerprint density at radius 1 is 1.10 bits per heavy atom. The molecule has 1 rings (SSSR count). The Bertz CT molecular complexity index is 279. The lowest BCUT2D eigenvalue weighted by Gasteiger charge is -2.29. The van der Waals surface area contributed by atoms with Gasteiger partial charge in [0.2, 0.25) is 0 Å². The summed E-state index contributed by atoms with van der Waals surface area (Å²) in [7, 11) is 0. The molecule has 116 valence electrons. The molecule has 0 aromatic heterocycles. The number of aldehydes is 1. The van der Waals surface area contributed by atoms with Gasteiger partial charge >= 0.3 is 0 Å². The molecule has 0 spiro atoms. The second-order valence-corrected chi connectivity index (χ2v) is 5.61. The molecule has 0 aliphatic carbocycles. The number of unbranched alkanes of at least 4 members (excludes halogenated alkanes) is 6. The Morgan fingerprint density at radius 3 is 2.70 bits per heavy atom. The van der Waals surface area contributed by atoms with Crippen LogP contribution < -0.4 is 5.73 Å². The molecule has 0 amide bonds. The minimum absolute atomic E-state index is 0.724. The third kappa shape index (κ3) is 7.63. The fraction of sp³-hybridized carbons (Fsp3) is 0.875. The Kier molecular flexibility index (Phi) is 10.2. The quantitative estimate of drug-likeness (QED) is 0.442. The van der Waals surface area contributed by atoms with Crippen molar-refractivity contribution in [2.24, 2.45) is 10.7 Å². The van der Waals surface area contributed by atoms with Gasteiger partial charge in [-0.05, 0) is 38.6 Å². The van der Waals surface area contributed by atoms with Crippen LogP contribution in [0.1, 0.15) is 64.2 Å². The molecule has 4 heteroatoms. The topological polar surface area (TPSA) is 58.7 Å². The minimum Gasteiger partial charge on any atom is -0.360 e. The molecule has 0 saturated carbocycles. The predicted molar refractivity (Wildman–Crippen MR) is 85.2 cm³/mol. The van der Waals surface area contributed by atoms with Crippen LogP contribution in [0.3, 0.4) is 0 Å². The van der Waals surface area contributed by atoms with E-state index in [-0.39, 0.29) is 0 Å². The van der Waals surface area contributed by atoms with E-state index in [1.54, 1.807) is 0 Å². The summed E-state index contributed by atoms with van der Waals surface area (Å²) in [6.07, 6.45) is 12.3. The van der Waals surface area contributed by atoms with E-state index in [1.165, 1.54) is 50.9 Å². The van der Waals surface area contributed by atoms with Crippen LogP contribution in [0.5, 0.6) is 0 Å². The summed E-state index contributed by atoms with van der Waals surface area (Å²) in [5.41, 5.74) is 5.56. The van der Waals surface area contributed by atoms with Gasteiger partial charge in [-0.2, -0.15) is 0 Å². The normalized spacial score (nSPS) is 15.2. The highest BCUT2D eigenvalue weighted by Crippen LogP contribution is 2.12. The van der Waals surface area contributed by atoms with E-state index in [0.717, 1.165) is 51.6 Å². The number of aliphatic imine (C=N–C) groups is 1. The SMILES string of the molecule is NCCCCN1CCCN=C1CCCCCCCC=O. The van der Waals surface area contributed by atoms with Crippen molar-refractivity contribution < 1.29 is 4.79 Å². The van der Waals surface area contributed by atoms with Crippen molar-refractivity contribution in [2.75, 3.05) is 26.2 Å². The monoisotopic (exact) mass is 281 g/mol. The number of amidine groups is 1. The molecule has 2 N–H and O–H groups in total. The van der Waals surface area contributed by atoms with E-state index in [1.807, 2.05) is 0 Å². The molecule has 20 heavy (non-hydrogen) atoms. The van der Waals surface area contributed by atoms with E-state index in [0.29, 0.717) is 0 Å². The van der Waals surface area contributed by atoms with Gasteiger partial charge in [0.15, 0.2) is 0 Å². The maximum atomic E-state index is 10.2. The Morgan fingerprint density at radius 2 is 1.90 bits per heavy atom. The summed E-state index contributed by atoms with van der Waals surface area (Å²) in [5, 5.41) is 0. The van der Waals surface area contributed by atoms with Crippen molar-refractivity contribution in [3.8, 4) is 0 Å². The van der Waals surface area contributed by atoms with E-state index in [9.17, 15) is 4.79 Å². The average molecular weight is 281 g/mol. The van der Waals surface area contributed by atoms with Gasteiger partial charge in [-0.1, -0.05) is 19.3 Å². The molecule has 0 bridgehead atoms. The number of nitrogens with two attached hydrogens (primary N) is 1. The summed E-state index contributed by atoms with van der Waals surface area (Å²) in [4.78, 5) is 17.4. The van der Waals surface area contributed by atoms with Crippen molar-refractivity contribution in [3.05, 3.63) is 0 Å². The third-order valence-corrected chi connectivity index (χ3v) is 3.85. The Labute approximate surface area is 123 Å². The van der Waals surface area contributed by atoms with Crippen molar-refractivity contribution in [1.82, 2.24) is 4.90 Å². The van der Waals surface area contributed by atoms with Gasteiger partial charge in [0, 0.05) is 32.5 Å². The maximum Gasteiger partial charge on any atom is 0.119 e. The molecular weight excluding hydrogens is 250 g/mol. The van der Waals surface area contributed by atoms with Crippen LogP contribution in [-0.2, 0) is 4.79 Å². The Hall–Kier alpha value is -0.900. The lowest BCUT2D eigenvalue weighted by atomic mass is 10.1. The van der Waals surface area contributed by atoms with Crippen LogP contribution >= 0.6 is 0 Å². The molecule has 0 radical (unpaired) electrons. The van der Waals surface area contributed by atoms with Crippen LogP contribution in [-0.4, -0.2) is 43.2 Å². The Balaban J connectivity index is 2.12. The highest BCUT2D eigenvalue weighted by molar-refractivity contribution is 5.82. The van der Waals surface area contributed by atoms with Gasteiger partial charge in [0.1, 0.15) is 6.29 Å². The molecular formula is C16H31N3O. The second-order valence-electron chi connectivity index (χ2n) is 5.61. The third-order valence-electron chi connectivity index (χ3n) is 3.85. The lowest BCUT2D eigenvalue weighted by molar-refractivity contribution is -0.107. The summed E-state index contributed by atoms with van der Waals surface area (Å²) in [6, 6.07) is 0. The van der Waals surface area contributed by atoms with Crippen LogP contribution in [0.15, 0.2) is 4.99 Å². The first-order valence-corrected chi connectivity index (χ1v) is 8.30. The fourth-order valence-electron chi connectivity index (χ4n) is 2.66. The molecule has 0 saturated heterocycles. The summed E-state index contributed by atoms with van der Waals surface area (Å²) in [6.45, 7) is 4.08. The number of rotatable bonds is 12. The zero-order valence-electron chi connectivity index (χ0n) is 12.9. The van der Waals surface area contributed by atoms with E-state index < -0.39 is 0 Å². The molecule has 4 nitrogen and oxygen atoms in total.